The van der Waals surface area contributed by atoms with Gasteiger partial charge in [-0.25, -0.2) is 8.78 Å². The summed E-state index contributed by atoms with van der Waals surface area (Å²) in [4.78, 5) is 0. The molecule has 1 rings (SSSR count). The Morgan fingerprint density at radius 3 is 2.57 bits per heavy atom. The molecule has 0 aliphatic heterocycles. The zero-order valence-electron chi connectivity index (χ0n) is 8.05. The second kappa shape index (κ2) is 4.37. The summed E-state index contributed by atoms with van der Waals surface area (Å²) in [7, 11) is 1.27. The number of hydrogen-bond donors (Lipinski definition) is 1. The van der Waals surface area contributed by atoms with Crippen LogP contribution < -0.4 is 4.74 Å². The Morgan fingerprint density at radius 2 is 2.07 bits per heavy atom. The molecule has 1 aromatic rings. The third kappa shape index (κ3) is 2.01. The third-order valence-corrected chi connectivity index (χ3v) is 2.06. The molecule has 0 fully saturated rings. The number of benzene rings is 1. The molecule has 1 aromatic carbocycles. The van der Waals surface area contributed by atoms with E-state index in [1.54, 1.807) is 6.92 Å². The molecular formula is C10H12F2O2. The molecule has 1 unspecified atom stereocenters. The lowest BCUT2D eigenvalue weighted by Gasteiger charge is -2.12. The maximum atomic E-state index is 13.5. The molecule has 1 N–H and O–H groups in total. The van der Waals surface area contributed by atoms with E-state index in [0.29, 0.717) is 0 Å². The quantitative estimate of drug-likeness (QED) is 0.813. The van der Waals surface area contributed by atoms with Gasteiger partial charge < -0.3 is 9.84 Å². The predicted molar refractivity (Wildman–Crippen MR) is 48.4 cm³/mol. The molecule has 2 nitrogen and oxygen atoms in total. The molecule has 0 aromatic heterocycles. The molecule has 1 atom stereocenters. The molecule has 0 amide bonds. The molecule has 0 aliphatic rings. The van der Waals surface area contributed by atoms with Gasteiger partial charge in [0.1, 0.15) is 5.82 Å². The van der Waals surface area contributed by atoms with Crippen LogP contribution in [0, 0.1) is 11.6 Å². The molecule has 4 heteroatoms. The van der Waals surface area contributed by atoms with Crippen molar-refractivity contribution in [3.63, 3.8) is 0 Å². The van der Waals surface area contributed by atoms with Crippen LogP contribution in [0.15, 0.2) is 12.1 Å². The summed E-state index contributed by atoms with van der Waals surface area (Å²) in [5.41, 5.74) is 0.129. The number of ether oxygens (including phenoxy) is 1. The third-order valence-electron chi connectivity index (χ3n) is 2.06. The Bertz CT molecular complexity index is 326. The van der Waals surface area contributed by atoms with Crippen molar-refractivity contribution < 1.29 is 18.6 Å². The normalized spacial score (nSPS) is 12.6. The first kappa shape index (κ1) is 10.9. The molecule has 78 valence electrons. The van der Waals surface area contributed by atoms with Gasteiger partial charge in [-0.3, -0.25) is 0 Å². The highest BCUT2D eigenvalue weighted by atomic mass is 19.1. The molecule has 0 aliphatic carbocycles. The standard InChI is InChI=1S/C10H12F2O2/c1-6(5-13)8-3-7(11)4-9(14-2)10(8)12/h3-4,6,13H,5H2,1-2H3. The summed E-state index contributed by atoms with van der Waals surface area (Å²) in [6.45, 7) is 1.38. The summed E-state index contributed by atoms with van der Waals surface area (Å²) in [5.74, 6) is -1.77. The number of halogens is 2. The maximum absolute atomic E-state index is 13.5. The first-order valence-electron chi connectivity index (χ1n) is 4.24. The van der Waals surface area contributed by atoms with Crippen molar-refractivity contribution in [2.24, 2.45) is 0 Å². The second-order valence-corrected chi connectivity index (χ2v) is 3.09. The molecule has 14 heavy (non-hydrogen) atoms. The zero-order valence-corrected chi connectivity index (χ0v) is 8.05. The molecule has 0 heterocycles. The Kier molecular flexibility index (Phi) is 3.41. The van der Waals surface area contributed by atoms with Crippen LogP contribution in [-0.4, -0.2) is 18.8 Å². The lowest BCUT2D eigenvalue weighted by atomic mass is 10.0. The van der Waals surface area contributed by atoms with Crippen LogP contribution in [0.1, 0.15) is 18.4 Å². The summed E-state index contributed by atoms with van der Waals surface area (Å²) in [6, 6.07) is 2.04. The van der Waals surface area contributed by atoms with Gasteiger partial charge in [0.25, 0.3) is 0 Å². The Morgan fingerprint density at radius 1 is 1.43 bits per heavy atom. The van der Waals surface area contributed by atoms with Crippen LogP contribution in [0.2, 0.25) is 0 Å². The topological polar surface area (TPSA) is 29.5 Å². The van der Waals surface area contributed by atoms with Crippen LogP contribution in [0.3, 0.4) is 0 Å². The van der Waals surface area contributed by atoms with Crippen molar-refractivity contribution >= 4 is 0 Å². The van der Waals surface area contributed by atoms with Crippen LogP contribution in [0.25, 0.3) is 0 Å². The van der Waals surface area contributed by atoms with E-state index in [1.807, 2.05) is 0 Å². The molecule has 0 saturated heterocycles. The van der Waals surface area contributed by atoms with E-state index in [4.69, 9.17) is 5.11 Å². The second-order valence-electron chi connectivity index (χ2n) is 3.09. The van der Waals surface area contributed by atoms with Crippen molar-refractivity contribution in [3.05, 3.63) is 29.3 Å². The fraction of sp³-hybridized carbons (Fsp3) is 0.400. The Balaban J connectivity index is 3.21. The van der Waals surface area contributed by atoms with Gasteiger partial charge in [-0.1, -0.05) is 6.92 Å². The van der Waals surface area contributed by atoms with Crippen molar-refractivity contribution in [2.75, 3.05) is 13.7 Å². The van der Waals surface area contributed by atoms with Crippen molar-refractivity contribution in [1.29, 1.82) is 0 Å². The van der Waals surface area contributed by atoms with E-state index in [1.165, 1.54) is 7.11 Å². The highest BCUT2D eigenvalue weighted by Gasteiger charge is 2.16. The first-order valence-corrected chi connectivity index (χ1v) is 4.24. The fourth-order valence-corrected chi connectivity index (χ4v) is 1.19. The van der Waals surface area contributed by atoms with Gasteiger partial charge in [-0.15, -0.1) is 0 Å². The van der Waals surface area contributed by atoms with Gasteiger partial charge in [0.15, 0.2) is 11.6 Å². The van der Waals surface area contributed by atoms with E-state index in [9.17, 15) is 8.78 Å². The smallest absolute Gasteiger partial charge is 0.168 e. The SMILES string of the molecule is COc1cc(F)cc(C(C)CO)c1F. The summed E-state index contributed by atoms with van der Waals surface area (Å²) >= 11 is 0. The van der Waals surface area contributed by atoms with Gasteiger partial charge in [0, 0.05) is 18.6 Å². The van der Waals surface area contributed by atoms with Gasteiger partial charge in [0.05, 0.1) is 7.11 Å². The number of hydrogen-bond acceptors (Lipinski definition) is 2. The fourth-order valence-electron chi connectivity index (χ4n) is 1.19. The lowest BCUT2D eigenvalue weighted by molar-refractivity contribution is 0.269. The lowest BCUT2D eigenvalue weighted by Crippen LogP contribution is -2.04. The number of aliphatic hydroxyl groups excluding tert-OH is 1. The molecule has 0 spiro atoms. The Labute approximate surface area is 81.1 Å². The van der Waals surface area contributed by atoms with Crippen LogP contribution in [0.4, 0.5) is 8.78 Å². The monoisotopic (exact) mass is 202 g/mol. The van der Waals surface area contributed by atoms with E-state index >= 15 is 0 Å². The average Bonchev–Trinajstić information content (AvgIpc) is 2.19. The van der Waals surface area contributed by atoms with E-state index in [0.717, 1.165) is 12.1 Å². The van der Waals surface area contributed by atoms with Crippen molar-refractivity contribution in [3.8, 4) is 5.75 Å². The van der Waals surface area contributed by atoms with E-state index in [2.05, 4.69) is 4.74 Å². The molecular weight excluding hydrogens is 190 g/mol. The van der Waals surface area contributed by atoms with E-state index < -0.39 is 17.6 Å². The minimum Gasteiger partial charge on any atom is -0.494 e. The minimum absolute atomic E-state index is 0.129. The van der Waals surface area contributed by atoms with Crippen LogP contribution in [-0.2, 0) is 0 Å². The highest BCUT2D eigenvalue weighted by Crippen LogP contribution is 2.27. The number of rotatable bonds is 3. The molecule has 0 radical (unpaired) electrons. The largest absolute Gasteiger partial charge is 0.494 e. The summed E-state index contributed by atoms with van der Waals surface area (Å²) in [6.07, 6.45) is 0. The van der Waals surface area contributed by atoms with Crippen molar-refractivity contribution in [1.82, 2.24) is 0 Å². The molecule has 0 bridgehead atoms. The van der Waals surface area contributed by atoms with Crippen LogP contribution in [0.5, 0.6) is 5.75 Å². The number of methoxy groups -OCH3 is 1. The van der Waals surface area contributed by atoms with Gasteiger partial charge >= 0.3 is 0 Å². The maximum Gasteiger partial charge on any atom is 0.168 e. The van der Waals surface area contributed by atoms with E-state index in [-0.39, 0.29) is 17.9 Å². The zero-order chi connectivity index (χ0) is 10.7. The van der Waals surface area contributed by atoms with Gasteiger partial charge in [0.2, 0.25) is 0 Å². The van der Waals surface area contributed by atoms with Crippen molar-refractivity contribution in [2.45, 2.75) is 12.8 Å². The minimum atomic E-state index is -0.615. The van der Waals surface area contributed by atoms with Gasteiger partial charge in [-0.2, -0.15) is 0 Å². The first-order chi connectivity index (χ1) is 6.60. The Hall–Kier alpha value is -1.16. The highest BCUT2D eigenvalue weighted by molar-refractivity contribution is 5.34. The summed E-state index contributed by atoms with van der Waals surface area (Å²) < 4.78 is 31.1. The number of aliphatic hydroxyl groups is 1. The average molecular weight is 202 g/mol. The predicted octanol–water partition coefficient (Wildman–Crippen LogP) is 2.07. The molecule has 0 saturated carbocycles. The van der Waals surface area contributed by atoms with Gasteiger partial charge in [-0.05, 0) is 11.6 Å². The summed E-state index contributed by atoms with van der Waals surface area (Å²) in [5, 5.41) is 8.84. The van der Waals surface area contributed by atoms with Crippen LogP contribution >= 0.6 is 0 Å².